The summed E-state index contributed by atoms with van der Waals surface area (Å²) in [6.07, 6.45) is 5.34. The Morgan fingerprint density at radius 2 is 2.05 bits per heavy atom. The molecule has 0 aliphatic carbocycles. The summed E-state index contributed by atoms with van der Waals surface area (Å²) in [6.45, 7) is 8.26. The summed E-state index contributed by atoms with van der Waals surface area (Å²) in [5.41, 5.74) is 2.40. The van der Waals surface area contributed by atoms with Crippen LogP contribution in [-0.4, -0.2) is 28.7 Å². The Labute approximate surface area is 131 Å². The summed E-state index contributed by atoms with van der Waals surface area (Å²) in [5.74, 6) is 0. The fourth-order valence-electron chi connectivity index (χ4n) is 2.51. The molecule has 0 atom stereocenters. The zero-order chi connectivity index (χ0) is 16.0. The highest BCUT2D eigenvalue weighted by Gasteiger charge is 2.22. The van der Waals surface area contributed by atoms with Gasteiger partial charge in [0, 0.05) is 37.4 Å². The van der Waals surface area contributed by atoms with E-state index in [1.807, 2.05) is 22.9 Å². The lowest BCUT2D eigenvalue weighted by molar-refractivity contribution is 0.238. The minimum Gasteiger partial charge on any atom is -0.337 e. The molecule has 2 rings (SSSR count). The molecular formula is C17H24N4O. The maximum Gasteiger partial charge on any atom is 0.314 e. The van der Waals surface area contributed by atoms with Gasteiger partial charge < -0.3 is 15.2 Å². The molecule has 22 heavy (non-hydrogen) atoms. The maximum atomic E-state index is 11.9. The van der Waals surface area contributed by atoms with Crippen LogP contribution in [0.1, 0.15) is 25.0 Å². The number of benzene rings is 1. The lowest BCUT2D eigenvalue weighted by Gasteiger charge is -2.27. The van der Waals surface area contributed by atoms with Gasteiger partial charge in [-0.05, 0) is 18.1 Å². The third kappa shape index (κ3) is 4.35. The Morgan fingerprint density at radius 3 is 2.73 bits per heavy atom. The van der Waals surface area contributed by atoms with Crippen molar-refractivity contribution >= 4 is 6.03 Å². The number of hydrogen-bond donors (Lipinski definition) is 2. The Morgan fingerprint density at radius 1 is 1.27 bits per heavy atom. The van der Waals surface area contributed by atoms with Gasteiger partial charge in [0.15, 0.2) is 0 Å². The molecule has 1 heterocycles. The predicted octanol–water partition coefficient (Wildman–Crippen LogP) is 2.47. The summed E-state index contributed by atoms with van der Waals surface area (Å²) in [6, 6.07) is 8.15. The number of nitrogens with one attached hydrogen (secondary N) is 2. The molecule has 0 aliphatic heterocycles. The summed E-state index contributed by atoms with van der Waals surface area (Å²) in [7, 11) is 0. The zero-order valence-electron chi connectivity index (χ0n) is 13.5. The second-order valence-electron chi connectivity index (χ2n) is 6.11. The second-order valence-corrected chi connectivity index (χ2v) is 6.11. The van der Waals surface area contributed by atoms with Crippen molar-refractivity contribution in [1.82, 2.24) is 20.2 Å². The van der Waals surface area contributed by atoms with Crippen LogP contribution in [0.4, 0.5) is 4.79 Å². The summed E-state index contributed by atoms with van der Waals surface area (Å²) >= 11 is 0. The monoisotopic (exact) mass is 300 g/mol. The molecule has 0 spiro atoms. The Hall–Kier alpha value is -2.30. The molecule has 1 aromatic heterocycles. The van der Waals surface area contributed by atoms with Crippen molar-refractivity contribution in [3.63, 3.8) is 0 Å². The van der Waals surface area contributed by atoms with Gasteiger partial charge in [0.2, 0.25) is 0 Å². The SMILES string of the molecule is Cc1ccccc1C(C)(C)CNC(=O)NCCn1ccnc1. The molecular weight excluding hydrogens is 276 g/mol. The van der Waals surface area contributed by atoms with Gasteiger partial charge in [0.05, 0.1) is 6.33 Å². The number of amides is 2. The topological polar surface area (TPSA) is 59.0 Å². The molecule has 5 nitrogen and oxygen atoms in total. The molecule has 0 radical (unpaired) electrons. The first-order valence-electron chi connectivity index (χ1n) is 7.52. The largest absolute Gasteiger partial charge is 0.337 e. The van der Waals surface area contributed by atoms with E-state index in [0.717, 1.165) is 0 Å². The lowest BCUT2D eigenvalue weighted by atomic mass is 9.82. The number of nitrogens with zero attached hydrogens (tertiary/aromatic N) is 2. The fourth-order valence-corrected chi connectivity index (χ4v) is 2.51. The van der Waals surface area contributed by atoms with Gasteiger partial charge in [-0.25, -0.2) is 9.78 Å². The summed E-state index contributed by atoms with van der Waals surface area (Å²) in [5, 5.41) is 5.81. The van der Waals surface area contributed by atoms with Crippen molar-refractivity contribution in [2.75, 3.05) is 13.1 Å². The lowest BCUT2D eigenvalue weighted by Crippen LogP contribution is -2.43. The number of aromatic nitrogens is 2. The molecule has 5 heteroatoms. The molecule has 0 aliphatic rings. The van der Waals surface area contributed by atoms with E-state index in [4.69, 9.17) is 0 Å². The van der Waals surface area contributed by atoms with E-state index >= 15 is 0 Å². The molecule has 0 unspecified atom stereocenters. The van der Waals surface area contributed by atoms with Crippen LogP contribution >= 0.6 is 0 Å². The number of rotatable bonds is 6. The molecule has 2 N–H and O–H groups in total. The van der Waals surface area contributed by atoms with Gasteiger partial charge in [-0.2, -0.15) is 0 Å². The molecule has 1 aromatic carbocycles. The van der Waals surface area contributed by atoms with Crippen LogP contribution < -0.4 is 10.6 Å². The van der Waals surface area contributed by atoms with Gasteiger partial charge in [0.25, 0.3) is 0 Å². The van der Waals surface area contributed by atoms with E-state index in [0.29, 0.717) is 19.6 Å². The van der Waals surface area contributed by atoms with Crippen molar-refractivity contribution in [3.8, 4) is 0 Å². The van der Waals surface area contributed by atoms with Crippen LogP contribution in [0.25, 0.3) is 0 Å². The van der Waals surface area contributed by atoms with Crippen molar-refractivity contribution in [3.05, 3.63) is 54.1 Å². The Bertz CT molecular complexity index is 605. The highest BCUT2D eigenvalue weighted by atomic mass is 16.2. The number of carbonyl (C=O) groups excluding carboxylic acids is 1. The molecule has 0 saturated carbocycles. The first-order valence-corrected chi connectivity index (χ1v) is 7.52. The van der Waals surface area contributed by atoms with Crippen LogP contribution in [-0.2, 0) is 12.0 Å². The average Bonchev–Trinajstić information content (AvgIpc) is 2.99. The van der Waals surface area contributed by atoms with E-state index in [2.05, 4.69) is 48.5 Å². The van der Waals surface area contributed by atoms with Gasteiger partial charge in [-0.3, -0.25) is 0 Å². The van der Waals surface area contributed by atoms with Crippen LogP contribution in [0.15, 0.2) is 43.0 Å². The van der Waals surface area contributed by atoms with E-state index in [1.54, 1.807) is 12.5 Å². The molecule has 0 bridgehead atoms. The van der Waals surface area contributed by atoms with Crippen LogP contribution in [0.2, 0.25) is 0 Å². The Kier molecular flexibility index (Phi) is 5.20. The van der Waals surface area contributed by atoms with Crippen LogP contribution in [0, 0.1) is 6.92 Å². The number of aryl methyl sites for hydroxylation is 1. The van der Waals surface area contributed by atoms with Crippen molar-refractivity contribution in [2.45, 2.75) is 32.7 Å². The van der Waals surface area contributed by atoms with E-state index in [1.165, 1.54) is 11.1 Å². The predicted molar refractivity (Wildman–Crippen MR) is 87.8 cm³/mol. The van der Waals surface area contributed by atoms with Gasteiger partial charge >= 0.3 is 6.03 Å². The summed E-state index contributed by atoms with van der Waals surface area (Å²) < 4.78 is 1.93. The first-order chi connectivity index (χ1) is 10.5. The summed E-state index contributed by atoms with van der Waals surface area (Å²) in [4.78, 5) is 15.9. The third-order valence-electron chi connectivity index (χ3n) is 3.78. The first kappa shape index (κ1) is 16.1. The maximum absolute atomic E-state index is 11.9. The molecule has 2 aromatic rings. The number of hydrogen-bond acceptors (Lipinski definition) is 2. The van der Waals surface area contributed by atoms with Crippen molar-refractivity contribution in [2.24, 2.45) is 0 Å². The number of carbonyl (C=O) groups is 1. The smallest absolute Gasteiger partial charge is 0.314 e. The third-order valence-corrected chi connectivity index (χ3v) is 3.78. The normalized spacial score (nSPS) is 11.2. The minimum atomic E-state index is -0.137. The van der Waals surface area contributed by atoms with Gasteiger partial charge in [0.1, 0.15) is 0 Å². The molecule has 118 valence electrons. The Balaban J connectivity index is 1.78. The van der Waals surface area contributed by atoms with E-state index in [-0.39, 0.29) is 11.4 Å². The minimum absolute atomic E-state index is 0.104. The number of imidazole rings is 1. The van der Waals surface area contributed by atoms with E-state index < -0.39 is 0 Å². The van der Waals surface area contributed by atoms with Crippen LogP contribution in [0.3, 0.4) is 0 Å². The second kappa shape index (κ2) is 7.11. The average molecular weight is 300 g/mol. The zero-order valence-corrected chi connectivity index (χ0v) is 13.5. The fraction of sp³-hybridized carbons (Fsp3) is 0.412. The van der Waals surface area contributed by atoms with Crippen molar-refractivity contribution in [1.29, 1.82) is 0 Å². The highest BCUT2D eigenvalue weighted by molar-refractivity contribution is 5.73. The standard InChI is InChI=1S/C17H24N4O/c1-14-6-4-5-7-15(14)17(2,3)12-20-16(22)19-9-11-21-10-8-18-13-21/h4-8,10,13H,9,11-12H2,1-3H3,(H2,19,20,22). The van der Waals surface area contributed by atoms with Gasteiger partial charge in [-0.1, -0.05) is 38.1 Å². The molecule has 2 amide bonds. The highest BCUT2D eigenvalue weighted by Crippen LogP contribution is 2.25. The number of urea groups is 1. The van der Waals surface area contributed by atoms with Crippen LogP contribution in [0.5, 0.6) is 0 Å². The van der Waals surface area contributed by atoms with E-state index in [9.17, 15) is 4.79 Å². The quantitative estimate of drug-likeness (QED) is 0.861. The molecule has 0 fully saturated rings. The van der Waals surface area contributed by atoms with Crippen molar-refractivity contribution < 1.29 is 4.79 Å². The van der Waals surface area contributed by atoms with Gasteiger partial charge in [-0.15, -0.1) is 0 Å². The molecule has 0 saturated heterocycles.